The predicted octanol–water partition coefficient (Wildman–Crippen LogP) is 3.75. The van der Waals surface area contributed by atoms with Gasteiger partial charge in [-0.1, -0.05) is 18.2 Å². The summed E-state index contributed by atoms with van der Waals surface area (Å²) >= 11 is 5.61. The maximum absolute atomic E-state index is 9.06. The molecule has 0 fully saturated rings. The molecular weight excluding hydrogens is 342 g/mol. The summed E-state index contributed by atoms with van der Waals surface area (Å²) in [6.07, 6.45) is 3.53. The number of hydrogen-bond donors (Lipinski definition) is 1. The van der Waals surface area contributed by atoms with Gasteiger partial charge < -0.3 is 10.2 Å². The van der Waals surface area contributed by atoms with Crippen LogP contribution in [0.3, 0.4) is 0 Å². The zero-order valence-corrected chi connectivity index (χ0v) is 14.9. The average Bonchev–Trinajstić information content (AvgIpc) is 2.69. The van der Waals surface area contributed by atoms with Crippen LogP contribution < -0.4 is 5.32 Å². The minimum atomic E-state index is 0.552. The molecule has 0 amide bonds. The third kappa shape index (κ3) is 4.85. The number of nitrogens with one attached hydrogen (secondary N) is 1. The van der Waals surface area contributed by atoms with E-state index in [9.17, 15) is 0 Å². The molecule has 0 aliphatic heterocycles. The van der Waals surface area contributed by atoms with E-state index in [0.717, 1.165) is 17.1 Å². The van der Waals surface area contributed by atoms with Crippen LogP contribution in [0, 0.1) is 11.3 Å². The van der Waals surface area contributed by atoms with Crippen molar-refractivity contribution in [1.82, 2.24) is 14.9 Å². The zero-order valence-electron chi connectivity index (χ0n) is 14.0. The Morgan fingerprint density at radius 1 is 0.962 bits per heavy atom. The molecule has 0 aliphatic carbocycles. The van der Waals surface area contributed by atoms with Crippen molar-refractivity contribution in [3.63, 3.8) is 0 Å². The fourth-order valence-corrected chi connectivity index (χ4v) is 2.69. The summed E-state index contributed by atoms with van der Waals surface area (Å²) < 4.78 is 0. The lowest BCUT2D eigenvalue weighted by Crippen LogP contribution is -2.34. The summed E-state index contributed by atoms with van der Waals surface area (Å²) in [5.41, 5.74) is 3.19. The predicted molar refractivity (Wildman–Crippen MR) is 105 cm³/mol. The molecule has 0 saturated heterocycles. The number of anilines is 1. The molecule has 0 saturated carbocycles. The Balaban J connectivity index is 1.79. The number of benzene rings is 1. The van der Waals surface area contributed by atoms with Crippen LogP contribution in [0.15, 0.2) is 73.1 Å². The van der Waals surface area contributed by atoms with Gasteiger partial charge in [0.25, 0.3) is 0 Å². The third-order valence-corrected chi connectivity index (χ3v) is 4.05. The van der Waals surface area contributed by atoms with E-state index in [4.69, 9.17) is 17.5 Å². The highest BCUT2D eigenvalue weighted by atomic mass is 32.1. The maximum atomic E-state index is 9.06. The molecule has 2 heterocycles. The van der Waals surface area contributed by atoms with E-state index in [1.54, 1.807) is 24.5 Å². The molecule has 0 aliphatic rings. The first-order valence-electron chi connectivity index (χ1n) is 8.10. The highest BCUT2D eigenvalue weighted by Crippen LogP contribution is 2.13. The molecule has 6 heteroatoms. The van der Waals surface area contributed by atoms with Gasteiger partial charge in [-0.3, -0.25) is 9.97 Å². The largest absolute Gasteiger partial charge is 0.337 e. The molecule has 0 spiro atoms. The van der Waals surface area contributed by atoms with E-state index in [2.05, 4.69) is 21.4 Å². The summed E-state index contributed by atoms with van der Waals surface area (Å²) in [6.45, 7) is 1.11. The second-order valence-electron chi connectivity index (χ2n) is 5.62. The van der Waals surface area contributed by atoms with Crippen LogP contribution in [0.2, 0.25) is 0 Å². The zero-order chi connectivity index (χ0) is 18.2. The van der Waals surface area contributed by atoms with Crippen LogP contribution in [-0.4, -0.2) is 20.0 Å². The Bertz CT molecular complexity index is 865. The number of pyridine rings is 2. The SMILES string of the molecule is N#Cc1cccc(NC(=S)N(Cc2ccccn2)Cc2ccccn2)c1. The van der Waals surface area contributed by atoms with Gasteiger partial charge >= 0.3 is 0 Å². The highest BCUT2D eigenvalue weighted by Gasteiger charge is 2.13. The number of hydrogen-bond acceptors (Lipinski definition) is 4. The van der Waals surface area contributed by atoms with Gasteiger partial charge in [-0.05, 0) is 54.7 Å². The van der Waals surface area contributed by atoms with Crippen LogP contribution >= 0.6 is 12.2 Å². The Morgan fingerprint density at radius 3 is 2.15 bits per heavy atom. The molecule has 3 aromatic rings. The van der Waals surface area contributed by atoms with Crippen LogP contribution in [-0.2, 0) is 13.1 Å². The van der Waals surface area contributed by atoms with Gasteiger partial charge in [0, 0.05) is 18.1 Å². The smallest absolute Gasteiger partial charge is 0.174 e. The Labute approximate surface area is 158 Å². The van der Waals surface area contributed by atoms with E-state index >= 15 is 0 Å². The van der Waals surface area contributed by atoms with Gasteiger partial charge in [-0.15, -0.1) is 0 Å². The standard InChI is InChI=1S/C20H17N5S/c21-13-16-6-5-9-17(12-16)24-20(26)25(14-18-7-1-3-10-22-18)15-19-8-2-4-11-23-19/h1-12H,14-15H2,(H,24,26). The van der Waals surface area contributed by atoms with E-state index in [-0.39, 0.29) is 0 Å². The summed E-state index contributed by atoms with van der Waals surface area (Å²) in [4.78, 5) is 10.8. The first kappa shape index (κ1) is 17.5. The molecule has 2 aromatic heterocycles. The normalized spacial score (nSPS) is 9.96. The number of aromatic nitrogens is 2. The second kappa shape index (κ2) is 8.70. The molecule has 26 heavy (non-hydrogen) atoms. The molecule has 0 unspecified atom stereocenters. The molecular formula is C20H17N5S. The number of nitriles is 1. The van der Waals surface area contributed by atoms with E-state index in [0.29, 0.717) is 23.8 Å². The molecule has 0 atom stereocenters. The summed E-state index contributed by atoms with van der Waals surface area (Å²) in [5.74, 6) is 0. The monoisotopic (exact) mass is 359 g/mol. The lowest BCUT2D eigenvalue weighted by molar-refractivity contribution is 0.402. The quantitative estimate of drug-likeness (QED) is 0.700. The lowest BCUT2D eigenvalue weighted by Gasteiger charge is -2.25. The summed E-state index contributed by atoms with van der Waals surface area (Å²) in [6, 6.07) is 21.0. The van der Waals surface area contributed by atoms with Crippen molar-refractivity contribution in [2.24, 2.45) is 0 Å². The van der Waals surface area contributed by atoms with Crippen molar-refractivity contribution in [3.05, 3.63) is 90.0 Å². The fraction of sp³-hybridized carbons (Fsp3) is 0.100. The Hall–Kier alpha value is -3.30. The highest BCUT2D eigenvalue weighted by molar-refractivity contribution is 7.80. The minimum absolute atomic E-state index is 0.552. The molecule has 128 valence electrons. The van der Waals surface area contributed by atoms with Gasteiger partial charge in [0.05, 0.1) is 36.1 Å². The van der Waals surface area contributed by atoms with Crippen molar-refractivity contribution < 1.29 is 0 Å². The molecule has 0 bridgehead atoms. The third-order valence-electron chi connectivity index (χ3n) is 3.69. The number of thiocarbonyl (C=S) groups is 1. The lowest BCUT2D eigenvalue weighted by atomic mass is 10.2. The van der Waals surface area contributed by atoms with E-state index in [1.165, 1.54) is 0 Å². The van der Waals surface area contributed by atoms with Crippen LogP contribution in [0.1, 0.15) is 17.0 Å². The summed E-state index contributed by atoms with van der Waals surface area (Å²) in [5, 5.41) is 12.8. The average molecular weight is 359 g/mol. The number of rotatable bonds is 5. The van der Waals surface area contributed by atoms with Crippen LogP contribution in [0.25, 0.3) is 0 Å². The minimum Gasteiger partial charge on any atom is -0.337 e. The van der Waals surface area contributed by atoms with Gasteiger partial charge in [-0.25, -0.2) is 0 Å². The molecule has 5 nitrogen and oxygen atoms in total. The first-order chi connectivity index (χ1) is 12.7. The maximum Gasteiger partial charge on any atom is 0.174 e. The second-order valence-corrected chi connectivity index (χ2v) is 6.01. The van der Waals surface area contributed by atoms with Gasteiger partial charge in [0.15, 0.2) is 5.11 Å². The van der Waals surface area contributed by atoms with Gasteiger partial charge in [-0.2, -0.15) is 5.26 Å². The van der Waals surface area contributed by atoms with Crippen molar-refractivity contribution in [3.8, 4) is 6.07 Å². The van der Waals surface area contributed by atoms with Crippen LogP contribution in [0.4, 0.5) is 5.69 Å². The van der Waals surface area contributed by atoms with Gasteiger partial charge in [0.1, 0.15) is 0 Å². The van der Waals surface area contributed by atoms with Crippen molar-refractivity contribution in [2.75, 3.05) is 5.32 Å². The molecule has 0 radical (unpaired) electrons. The molecule has 3 rings (SSSR count). The van der Waals surface area contributed by atoms with Gasteiger partial charge in [0.2, 0.25) is 0 Å². The summed E-state index contributed by atoms with van der Waals surface area (Å²) in [7, 11) is 0. The Kier molecular flexibility index (Phi) is 5.86. The van der Waals surface area contributed by atoms with Crippen molar-refractivity contribution in [1.29, 1.82) is 5.26 Å². The number of nitrogens with zero attached hydrogens (tertiary/aromatic N) is 4. The van der Waals surface area contributed by atoms with Crippen molar-refractivity contribution in [2.45, 2.75) is 13.1 Å². The Morgan fingerprint density at radius 2 is 1.62 bits per heavy atom. The molecule has 1 aromatic carbocycles. The molecule has 1 N–H and O–H groups in total. The van der Waals surface area contributed by atoms with Crippen molar-refractivity contribution >= 4 is 23.0 Å². The topological polar surface area (TPSA) is 64.8 Å². The van der Waals surface area contributed by atoms with E-state index in [1.807, 2.05) is 53.4 Å². The van der Waals surface area contributed by atoms with E-state index < -0.39 is 0 Å². The fourth-order valence-electron chi connectivity index (χ4n) is 2.44. The first-order valence-corrected chi connectivity index (χ1v) is 8.51. The van der Waals surface area contributed by atoms with Crippen LogP contribution in [0.5, 0.6) is 0 Å².